The van der Waals surface area contributed by atoms with Gasteiger partial charge < -0.3 is 4.74 Å². The number of carbonyl (C=O) groups is 1. The highest BCUT2D eigenvalue weighted by atomic mass is 32.2. The third kappa shape index (κ3) is 4.13. The van der Waals surface area contributed by atoms with E-state index in [0.29, 0.717) is 21.5 Å². The van der Waals surface area contributed by atoms with Crippen LogP contribution >= 0.6 is 24.0 Å². The average molecular weight is 380 g/mol. The molecule has 2 aromatic rings. The first-order valence-corrected chi connectivity index (χ1v) is 9.20. The second-order valence-corrected chi connectivity index (χ2v) is 7.41. The summed E-state index contributed by atoms with van der Waals surface area (Å²) in [6.45, 7) is 2.44. The minimum atomic E-state index is -0.115. The number of carbonyl (C=O) groups excluding carboxylic acids is 1. The van der Waals surface area contributed by atoms with E-state index in [1.54, 1.807) is 17.0 Å². The normalized spacial score (nSPS) is 15.4. The highest BCUT2D eigenvalue weighted by Gasteiger charge is 2.32. The van der Waals surface area contributed by atoms with E-state index < -0.39 is 0 Å². The molecule has 1 aliphatic heterocycles. The second kappa shape index (κ2) is 8.17. The number of amides is 1. The molecule has 0 aromatic heterocycles. The third-order valence-electron chi connectivity index (χ3n) is 3.83. The maximum atomic E-state index is 12.8. The van der Waals surface area contributed by atoms with E-state index in [0.717, 1.165) is 11.1 Å². The Hall–Kier alpha value is -2.62. The average Bonchev–Trinajstić information content (AvgIpc) is 2.90. The van der Waals surface area contributed by atoms with E-state index in [1.807, 2.05) is 55.5 Å². The largest absolute Gasteiger partial charge is 0.478 e. The van der Waals surface area contributed by atoms with Crippen LogP contribution in [0.4, 0.5) is 0 Å². The summed E-state index contributed by atoms with van der Waals surface area (Å²) in [4.78, 5) is 14.9. The predicted molar refractivity (Wildman–Crippen MR) is 107 cm³/mol. The van der Waals surface area contributed by atoms with E-state index in [-0.39, 0.29) is 12.5 Å². The summed E-state index contributed by atoms with van der Waals surface area (Å²) in [6, 6.07) is 17.3. The molecule has 4 nitrogen and oxygen atoms in total. The van der Waals surface area contributed by atoms with Crippen LogP contribution in [0.5, 0.6) is 5.75 Å². The number of rotatable bonds is 5. The Labute approximate surface area is 162 Å². The predicted octanol–water partition coefficient (Wildman–Crippen LogP) is 4.30. The van der Waals surface area contributed by atoms with Crippen LogP contribution in [-0.2, 0) is 11.3 Å². The van der Waals surface area contributed by atoms with Gasteiger partial charge in [0.25, 0.3) is 5.91 Å². The smallest absolute Gasteiger partial charge is 0.266 e. The highest BCUT2D eigenvalue weighted by molar-refractivity contribution is 8.26. The van der Waals surface area contributed by atoms with Gasteiger partial charge in [-0.1, -0.05) is 72.0 Å². The highest BCUT2D eigenvalue weighted by Crippen LogP contribution is 2.35. The minimum Gasteiger partial charge on any atom is -0.478 e. The van der Waals surface area contributed by atoms with Crippen molar-refractivity contribution < 1.29 is 9.53 Å². The Morgan fingerprint density at radius 3 is 2.69 bits per heavy atom. The molecule has 6 heteroatoms. The van der Waals surface area contributed by atoms with Crippen molar-refractivity contribution in [2.24, 2.45) is 0 Å². The van der Waals surface area contributed by atoms with Crippen LogP contribution in [0.3, 0.4) is 0 Å². The summed E-state index contributed by atoms with van der Waals surface area (Å²) in [5.41, 5.74) is 2.96. The quantitative estimate of drug-likeness (QED) is 0.572. The van der Waals surface area contributed by atoms with Gasteiger partial charge >= 0.3 is 0 Å². The summed E-state index contributed by atoms with van der Waals surface area (Å²) in [5, 5.41) is 8.70. The van der Waals surface area contributed by atoms with Gasteiger partial charge in [-0.05, 0) is 24.6 Å². The molecule has 0 atom stereocenters. The molecule has 1 heterocycles. The number of para-hydroxylation sites is 1. The molecular weight excluding hydrogens is 364 g/mol. The lowest BCUT2D eigenvalue weighted by atomic mass is 10.1. The van der Waals surface area contributed by atoms with Crippen LogP contribution in [0.1, 0.15) is 16.7 Å². The molecular formula is C20H16N2O2S2. The number of hydrogen-bond donors (Lipinski definition) is 0. The fourth-order valence-corrected chi connectivity index (χ4v) is 3.74. The maximum Gasteiger partial charge on any atom is 0.266 e. The number of nitriles is 1. The molecule has 0 saturated carbocycles. The van der Waals surface area contributed by atoms with Crippen molar-refractivity contribution in [1.29, 1.82) is 5.26 Å². The van der Waals surface area contributed by atoms with Gasteiger partial charge in [-0.25, -0.2) is 0 Å². The molecule has 2 aromatic carbocycles. The van der Waals surface area contributed by atoms with E-state index >= 15 is 0 Å². The number of benzene rings is 2. The first-order chi connectivity index (χ1) is 12.6. The van der Waals surface area contributed by atoms with Crippen LogP contribution in [0.25, 0.3) is 6.08 Å². The number of hydrogen-bond acceptors (Lipinski definition) is 5. The number of thioether (sulfide) groups is 1. The van der Waals surface area contributed by atoms with Crippen molar-refractivity contribution in [1.82, 2.24) is 4.90 Å². The van der Waals surface area contributed by atoms with E-state index in [4.69, 9.17) is 22.2 Å². The molecule has 3 rings (SSSR count). The molecule has 130 valence electrons. The molecule has 0 aliphatic carbocycles. The van der Waals surface area contributed by atoms with Crippen molar-refractivity contribution in [3.05, 3.63) is 70.1 Å². The number of aryl methyl sites for hydroxylation is 1. The standard InChI is InChI=1S/C20H16N2O2S2/c1-14-6-8-15(9-7-14)13-22-19(23)18(26-20(22)25)12-16-4-2-3-5-17(16)24-11-10-21/h2-9,12H,11,13H2,1H3. The number of ether oxygens (including phenoxy) is 1. The van der Waals surface area contributed by atoms with Crippen molar-refractivity contribution in [3.63, 3.8) is 0 Å². The molecule has 1 amide bonds. The first kappa shape index (κ1) is 18.2. The van der Waals surface area contributed by atoms with Gasteiger partial charge in [0.2, 0.25) is 0 Å². The van der Waals surface area contributed by atoms with E-state index in [9.17, 15) is 4.79 Å². The second-order valence-electron chi connectivity index (χ2n) is 5.74. The molecule has 1 saturated heterocycles. The number of thiocarbonyl (C=S) groups is 1. The minimum absolute atomic E-state index is 0.0424. The topological polar surface area (TPSA) is 53.3 Å². The Morgan fingerprint density at radius 1 is 1.23 bits per heavy atom. The summed E-state index contributed by atoms with van der Waals surface area (Å²) < 4.78 is 5.96. The van der Waals surface area contributed by atoms with Gasteiger partial charge in [-0.3, -0.25) is 9.69 Å². The summed E-state index contributed by atoms with van der Waals surface area (Å²) >= 11 is 6.67. The maximum absolute atomic E-state index is 12.8. The number of nitrogens with zero attached hydrogens (tertiary/aromatic N) is 2. The molecule has 0 bridgehead atoms. The van der Waals surface area contributed by atoms with E-state index in [2.05, 4.69) is 0 Å². The van der Waals surface area contributed by atoms with Gasteiger partial charge in [-0.15, -0.1) is 0 Å². The molecule has 0 radical (unpaired) electrons. The van der Waals surface area contributed by atoms with Crippen LogP contribution < -0.4 is 4.74 Å². The van der Waals surface area contributed by atoms with Crippen LogP contribution in [-0.4, -0.2) is 21.7 Å². The Kier molecular flexibility index (Phi) is 5.71. The van der Waals surface area contributed by atoms with Gasteiger partial charge in [0.1, 0.15) is 16.1 Å². The summed E-state index contributed by atoms with van der Waals surface area (Å²) in [7, 11) is 0. The van der Waals surface area contributed by atoms with Crippen molar-refractivity contribution in [2.75, 3.05) is 6.61 Å². The molecule has 0 unspecified atom stereocenters. The zero-order valence-electron chi connectivity index (χ0n) is 14.1. The molecule has 0 N–H and O–H groups in total. The van der Waals surface area contributed by atoms with Crippen LogP contribution in [0.2, 0.25) is 0 Å². The molecule has 26 heavy (non-hydrogen) atoms. The third-order valence-corrected chi connectivity index (χ3v) is 5.21. The molecule has 0 spiro atoms. The Bertz CT molecular complexity index is 914. The lowest BCUT2D eigenvalue weighted by Gasteiger charge is -2.14. The Morgan fingerprint density at radius 2 is 1.96 bits per heavy atom. The van der Waals surface area contributed by atoms with Gasteiger partial charge in [0, 0.05) is 5.56 Å². The van der Waals surface area contributed by atoms with Crippen LogP contribution in [0, 0.1) is 18.3 Å². The zero-order valence-corrected chi connectivity index (χ0v) is 15.8. The van der Waals surface area contributed by atoms with Crippen LogP contribution in [0.15, 0.2) is 53.4 Å². The lowest BCUT2D eigenvalue weighted by Crippen LogP contribution is -2.27. The SMILES string of the molecule is Cc1ccc(CN2C(=O)C(=Cc3ccccc3OCC#N)SC2=S)cc1. The van der Waals surface area contributed by atoms with Crippen molar-refractivity contribution in [3.8, 4) is 11.8 Å². The van der Waals surface area contributed by atoms with Gasteiger partial charge in [0.05, 0.1) is 11.4 Å². The molecule has 1 fully saturated rings. The molecule has 1 aliphatic rings. The lowest BCUT2D eigenvalue weighted by molar-refractivity contribution is -0.122. The fourth-order valence-electron chi connectivity index (χ4n) is 2.49. The summed E-state index contributed by atoms with van der Waals surface area (Å²) in [6.07, 6.45) is 1.77. The van der Waals surface area contributed by atoms with E-state index in [1.165, 1.54) is 17.3 Å². The van der Waals surface area contributed by atoms with Crippen molar-refractivity contribution in [2.45, 2.75) is 13.5 Å². The fraction of sp³-hybridized carbons (Fsp3) is 0.150. The Balaban J connectivity index is 1.81. The first-order valence-electron chi connectivity index (χ1n) is 7.98. The summed E-state index contributed by atoms with van der Waals surface area (Å²) in [5.74, 6) is 0.452. The van der Waals surface area contributed by atoms with Gasteiger partial charge in [0.15, 0.2) is 6.61 Å². The van der Waals surface area contributed by atoms with Gasteiger partial charge in [-0.2, -0.15) is 5.26 Å². The van der Waals surface area contributed by atoms with Crippen molar-refractivity contribution >= 4 is 40.3 Å². The zero-order chi connectivity index (χ0) is 18.5. The monoisotopic (exact) mass is 380 g/mol.